The van der Waals surface area contributed by atoms with Gasteiger partial charge in [0.2, 0.25) is 10.0 Å². The average molecular weight is 329 g/mol. The van der Waals surface area contributed by atoms with Gasteiger partial charge in [-0.15, -0.1) is 0 Å². The third kappa shape index (κ3) is 4.00. The average Bonchev–Trinajstić information content (AvgIpc) is 2.47. The minimum absolute atomic E-state index is 0.0275. The highest BCUT2D eigenvalue weighted by Crippen LogP contribution is 2.28. The van der Waals surface area contributed by atoms with Crippen LogP contribution in [0.15, 0.2) is 23.1 Å². The van der Waals surface area contributed by atoms with Crippen LogP contribution in [0.4, 0.5) is 0 Å². The van der Waals surface area contributed by atoms with Crippen molar-refractivity contribution in [1.29, 1.82) is 0 Å². The van der Waals surface area contributed by atoms with Crippen LogP contribution in [-0.2, 0) is 16.6 Å². The second-order valence-corrected chi connectivity index (χ2v) is 8.35. The number of hydrogen-bond acceptors (Lipinski definition) is 4. The summed E-state index contributed by atoms with van der Waals surface area (Å²) in [6.07, 6.45) is 6.33. The number of nitrogens with one attached hydrogen (secondary N) is 1. The highest BCUT2D eigenvalue weighted by Gasteiger charge is 2.29. The van der Waals surface area contributed by atoms with Gasteiger partial charge in [0.25, 0.3) is 0 Å². The Morgan fingerprint density at radius 1 is 1.33 bits per heavy atom. The summed E-state index contributed by atoms with van der Waals surface area (Å²) in [4.78, 5) is 0.357. The van der Waals surface area contributed by atoms with Crippen LogP contribution in [0.5, 0.6) is 0 Å². The van der Waals surface area contributed by atoms with Gasteiger partial charge in [0, 0.05) is 17.8 Å². The molecule has 1 aliphatic carbocycles. The molecule has 21 heavy (non-hydrogen) atoms. The number of thioether (sulfide) groups is 1. The molecular weight excluding hydrogens is 304 g/mol. The molecule has 0 bridgehead atoms. The molecule has 0 aliphatic heterocycles. The van der Waals surface area contributed by atoms with Crippen molar-refractivity contribution in [2.24, 2.45) is 5.73 Å². The van der Waals surface area contributed by atoms with Crippen molar-refractivity contribution < 1.29 is 8.42 Å². The zero-order valence-corrected chi connectivity index (χ0v) is 14.3. The smallest absolute Gasteiger partial charge is 0.241 e. The zero-order chi connectivity index (χ0) is 15.5. The molecule has 0 aromatic heterocycles. The molecule has 6 heteroatoms. The van der Waals surface area contributed by atoms with Crippen molar-refractivity contribution in [2.75, 3.05) is 6.26 Å². The van der Waals surface area contributed by atoms with E-state index in [0.717, 1.165) is 30.4 Å². The summed E-state index contributed by atoms with van der Waals surface area (Å²) < 4.78 is 28.3. The van der Waals surface area contributed by atoms with Gasteiger partial charge >= 0.3 is 0 Å². The minimum Gasteiger partial charge on any atom is -0.326 e. The molecule has 2 unspecified atom stereocenters. The Morgan fingerprint density at radius 2 is 2.05 bits per heavy atom. The van der Waals surface area contributed by atoms with E-state index >= 15 is 0 Å². The first kappa shape index (κ1) is 16.8. The molecule has 4 nitrogen and oxygen atoms in total. The topological polar surface area (TPSA) is 72.2 Å². The maximum Gasteiger partial charge on any atom is 0.241 e. The van der Waals surface area contributed by atoms with Crippen LogP contribution >= 0.6 is 11.8 Å². The SMILES string of the molecule is CSC1CCCCC1NS(=O)(=O)c1cc(CN)ccc1C. The second-order valence-electron chi connectivity index (χ2n) is 5.59. The first-order chi connectivity index (χ1) is 9.97. The van der Waals surface area contributed by atoms with Crippen LogP contribution in [0.25, 0.3) is 0 Å². The third-order valence-corrected chi connectivity index (χ3v) is 6.89. The molecule has 1 fully saturated rings. The van der Waals surface area contributed by atoms with Gasteiger partial charge in [0.1, 0.15) is 0 Å². The maximum atomic E-state index is 12.7. The van der Waals surface area contributed by atoms with E-state index in [0.29, 0.717) is 16.7 Å². The molecule has 0 saturated heterocycles. The largest absolute Gasteiger partial charge is 0.326 e. The lowest BCUT2D eigenvalue weighted by Crippen LogP contribution is -2.43. The Hall–Kier alpha value is -0.560. The van der Waals surface area contributed by atoms with E-state index in [1.165, 1.54) is 6.42 Å². The molecule has 1 aromatic rings. The summed E-state index contributed by atoms with van der Waals surface area (Å²) in [6, 6.07) is 5.41. The molecule has 2 atom stereocenters. The van der Waals surface area contributed by atoms with Crippen LogP contribution < -0.4 is 10.5 Å². The number of rotatable bonds is 5. The predicted molar refractivity (Wildman–Crippen MR) is 89.0 cm³/mol. The highest BCUT2D eigenvalue weighted by molar-refractivity contribution is 7.99. The number of sulfonamides is 1. The van der Waals surface area contributed by atoms with Gasteiger partial charge in [-0.2, -0.15) is 11.8 Å². The Bertz CT molecular complexity index is 587. The fourth-order valence-corrected chi connectivity index (χ4v) is 5.46. The van der Waals surface area contributed by atoms with E-state index in [1.54, 1.807) is 17.8 Å². The van der Waals surface area contributed by atoms with Crippen molar-refractivity contribution >= 4 is 21.8 Å². The van der Waals surface area contributed by atoms with Crippen molar-refractivity contribution in [3.63, 3.8) is 0 Å². The molecule has 0 spiro atoms. The third-order valence-electron chi connectivity index (χ3n) is 4.09. The zero-order valence-electron chi connectivity index (χ0n) is 12.6. The van der Waals surface area contributed by atoms with Crippen molar-refractivity contribution in [1.82, 2.24) is 4.72 Å². The number of nitrogens with two attached hydrogens (primary N) is 1. The Labute approximate surface area is 131 Å². The fraction of sp³-hybridized carbons (Fsp3) is 0.600. The molecule has 0 radical (unpaired) electrons. The standard InChI is InChI=1S/C15H24N2O2S2/c1-11-7-8-12(10-16)9-15(11)21(18,19)17-13-5-3-4-6-14(13)20-2/h7-9,13-14,17H,3-6,10,16H2,1-2H3. The van der Waals surface area contributed by atoms with Crippen LogP contribution in [0.1, 0.15) is 36.8 Å². The van der Waals surface area contributed by atoms with E-state index in [9.17, 15) is 8.42 Å². The molecule has 0 heterocycles. The predicted octanol–water partition coefficient (Wildman–Crippen LogP) is 2.41. The summed E-state index contributed by atoms with van der Waals surface area (Å²) in [5, 5.41) is 0.367. The van der Waals surface area contributed by atoms with Gasteiger partial charge in [-0.25, -0.2) is 13.1 Å². The molecule has 1 aromatic carbocycles. The molecule has 2 rings (SSSR count). The van der Waals surface area contributed by atoms with Gasteiger partial charge in [-0.05, 0) is 43.2 Å². The van der Waals surface area contributed by atoms with Gasteiger partial charge in [0.05, 0.1) is 4.90 Å². The minimum atomic E-state index is -3.49. The molecule has 1 saturated carbocycles. The van der Waals surface area contributed by atoms with E-state index in [2.05, 4.69) is 11.0 Å². The van der Waals surface area contributed by atoms with E-state index in [1.807, 2.05) is 19.1 Å². The van der Waals surface area contributed by atoms with Crippen molar-refractivity contribution in [3.8, 4) is 0 Å². The van der Waals surface area contributed by atoms with E-state index < -0.39 is 10.0 Å². The summed E-state index contributed by atoms with van der Waals surface area (Å²) in [6.45, 7) is 2.17. The fourth-order valence-electron chi connectivity index (χ4n) is 2.84. The second kappa shape index (κ2) is 7.13. The maximum absolute atomic E-state index is 12.7. The summed E-state index contributed by atoms with van der Waals surface area (Å²) in [7, 11) is -3.49. The first-order valence-electron chi connectivity index (χ1n) is 7.32. The van der Waals surface area contributed by atoms with Crippen LogP contribution in [-0.4, -0.2) is 26.0 Å². The molecule has 1 aliphatic rings. The lowest BCUT2D eigenvalue weighted by Gasteiger charge is -2.30. The molecule has 0 amide bonds. The highest BCUT2D eigenvalue weighted by atomic mass is 32.2. The molecule has 118 valence electrons. The van der Waals surface area contributed by atoms with Gasteiger partial charge < -0.3 is 5.73 Å². The quantitative estimate of drug-likeness (QED) is 0.870. The lowest BCUT2D eigenvalue weighted by molar-refractivity contribution is 0.423. The number of aryl methyl sites for hydroxylation is 1. The lowest BCUT2D eigenvalue weighted by atomic mass is 9.96. The van der Waals surface area contributed by atoms with Crippen molar-refractivity contribution in [3.05, 3.63) is 29.3 Å². The van der Waals surface area contributed by atoms with Gasteiger partial charge in [-0.1, -0.05) is 25.0 Å². The van der Waals surface area contributed by atoms with Crippen LogP contribution in [0.3, 0.4) is 0 Å². The van der Waals surface area contributed by atoms with E-state index in [4.69, 9.17) is 5.73 Å². The molecular formula is C15H24N2O2S2. The molecule has 3 N–H and O–H groups in total. The summed E-state index contributed by atoms with van der Waals surface area (Å²) in [5.41, 5.74) is 7.22. The summed E-state index contributed by atoms with van der Waals surface area (Å²) >= 11 is 1.75. The Balaban J connectivity index is 2.25. The van der Waals surface area contributed by atoms with Crippen LogP contribution in [0.2, 0.25) is 0 Å². The normalized spacial score (nSPS) is 23.2. The first-order valence-corrected chi connectivity index (χ1v) is 10.1. The van der Waals surface area contributed by atoms with Crippen LogP contribution in [0, 0.1) is 6.92 Å². The Morgan fingerprint density at radius 3 is 2.71 bits per heavy atom. The monoisotopic (exact) mass is 328 g/mol. The number of hydrogen-bond donors (Lipinski definition) is 2. The number of benzene rings is 1. The van der Waals surface area contributed by atoms with Gasteiger partial charge in [-0.3, -0.25) is 0 Å². The van der Waals surface area contributed by atoms with Crippen molar-refractivity contribution in [2.45, 2.75) is 55.3 Å². The summed E-state index contributed by atoms with van der Waals surface area (Å²) in [5.74, 6) is 0. The van der Waals surface area contributed by atoms with Gasteiger partial charge in [0.15, 0.2) is 0 Å². The van der Waals surface area contributed by atoms with E-state index in [-0.39, 0.29) is 6.04 Å². The Kier molecular flexibility index (Phi) is 5.71.